The van der Waals surface area contributed by atoms with Crippen molar-refractivity contribution in [2.75, 3.05) is 0 Å². The van der Waals surface area contributed by atoms with Gasteiger partial charge < -0.3 is 10.5 Å². The molecule has 1 aromatic rings. The smallest absolute Gasteiger partial charge is 0.341 e. The summed E-state index contributed by atoms with van der Waals surface area (Å²) in [5.41, 5.74) is 4.80. The van der Waals surface area contributed by atoms with Crippen molar-refractivity contribution in [2.45, 2.75) is 23.8 Å². The minimum absolute atomic E-state index is 0.127. The van der Waals surface area contributed by atoms with Crippen molar-refractivity contribution in [3.05, 3.63) is 23.9 Å². The van der Waals surface area contributed by atoms with Gasteiger partial charge in [0, 0.05) is 6.20 Å². The summed E-state index contributed by atoms with van der Waals surface area (Å²) >= 11 is 0.127. The molecule has 0 saturated heterocycles. The topological polar surface area (TPSA) is 82.3 Å². The second-order valence-corrected chi connectivity index (χ2v) is 4.16. The van der Waals surface area contributed by atoms with Crippen LogP contribution in [0.5, 0.6) is 0 Å². The molecule has 0 bridgehead atoms. The van der Waals surface area contributed by atoms with Crippen molar-refractivity contribution in [1.29, 1.82) is 0 Å². The summed E-state index contributed by atoms with van der Waals surface area (Å²) in [5.74, 6) is -4.45. The Morgan fingerprint density at radius 1 is 1.50 bits per heavy atom. The van der Waals surface area contributed by atoms with E-state index >= 15 is 0 Å². The number of nitrogens with two attached hydrogens (primary N) is 1. The lowest BCUT2D eigenvalue weighted by Crippen LogP contribution is -2.30. The normalized spacial score (nSPS) is 12.2. The van der Waals surface area contributed by atoms with Gasteiger partial charge in [-0.05, 0) is 30.8 Å². The van der Waals surface area contributed by atoms with E-state index < -0.39 is 23.7 Å². The Labute approximate surface area is 106 Å². The van der Waals surface area contributed by atoms with Crippen LogP contribution in [0.4, 0.5) is 8.78 Å². The minimum Gasteiger partial charge on any atom is -0.449 e. The zero-order valence-corrected chi connectivity index (χ0v) is 10.1. The van der Waals surface area contributed by atoms with Gasteiger partial charge in [0.05, 0.1) is 5.56 Å². The fraction of sp³-hybridized carbons (Fsp3) is 0.300. The molecule has 1 rings (SSSR count). The molecule has 0 saturated carbocycles. The third-order valence-corrected chi connectivity index (χ3v) is 2.60. The van der Waals surface area contributed by atoms with Gasteiger partial charge in [-0.3, -0.25) is 4.79 Å². The first-order valence-electron chi connectivity index (χ1n) is 4.82. The number of carbonyl (C=O) groups is 2. The van der Waals surface area contributed by atoms with Crippen molar-refractivity contribution in [3.63, 3.8) is 0 Å². The first-order chi connectivity index (χ1) is 8.41. The van der Waals surface area contributed by atoms with Crippen molar-refractivity contribution in [1.82, 2.24) is 4.98 Å². The first kappa shape index (κ1) is 14.4. The molecule has 1 atom stereocenters. The van der Waals surface area contributed by atoms with Crippen molar-refractivity contribution < 1.29 is 23.1 Å². The fourth-order valence-corrected chi connectivity index (χ4v) is 1.58. The van der Waals surface area contributed by atoms with Gasteiger partial charge in [-0.1, -0.05) is 0 Å². The summed E-state index contributed by atoms with van der Waals surface area (Å²) in [7, 11) is 0. The maximum atomic E-state index is 12.3. The monoisotopic (exact) mass is 276 g/mol. The number of ether oxygens (including phenoxy) is 1. The van der Waals surface area contributed by atoms with Crippen LogP contribution in [0.25, 0.3) is 0 Å². The van der Waals surface area contributed by atoms with Gasteiger partial charge >= 0.3 is 5.97 Å². The molecule has 0 fully saturated rings. The van der Waals surface area contributed by atoms with Crippen LogP contribution in [0.3, 0.4) is 0 Å². The summed E-state index contributed by atoms with van der Waals surface area (Å²) < 4.78 is 29.2. The first-order valence-corrected chi connectivity index (χ1v) is 5.70. The molecule has 0 radical (unpaired) electrons. The van der Waals surface area contributed by atoms with Crippen molar-refractivity contribution in [3.8, 4) is 0 Å². The molecule has 8 heteroatoms. The largest absolute Gasteiger partial charge is 0.449 e. The molecule has 2 N–H and O–H groups in total. The lowest BCUT2D eigenvalue weighted by molar-refractivity contribution is -0.125. The molecule has 0 spiro atoms. The molecule has 0 aliphatic heterocycles. The molecule has 1 aromatic heterocycles. The van der Waals surface area contributed by atoms with Crippen molar-refractivity contribution in [2.24, 2.45) is 5.73 Å². The van der Waals surface area contributed by atoms with Gasteiger partial charge in [0.2, 0.25) is 0 Å². The summed E-state index contributed by atoms with van der Waals surface area (Å²) in [4.78, 5) is 26.0. The standard InChI is InChI=1S/C10H10F2N2O3S/c1-5(7(13)15)17-9(16)6-3-2-4-14-8(6)18-10(11)12/h2-5,10H,1H3,(H2,13,15)/t5-/m1/s1. The van der Waals surface area contributed by atoms with Crippen LogP contribution in [0.2, 0.25) is 0 Å². The van der Waals surface area contributed by atoms with Gasteiger partial charge in [0.1, 0.15) is 5.03 Å². The van der Waals surface area contributed by atoms with Crippen molar-refractivity contribution >= 4 is 23.6 Å². The van der Waals surface area contributed by atoms with E-state index in [2.05, 4.69) is 4.98 Å². The Hall–Kier alpha value is -1.70. The molecule has 98 valence electrons. The molecule has 1 heterocycles. The number of rotatable bonds is 5. The number of primary amides is 1. The minimum atomic E-state index is -2.71. The van der Waals surface area contributed by atoms with E-state index in [-0.39, 0.29) is 22.4 Å². The maximum Gasteiger partial charge on any atom is 0.341 e. The number of esters is 1. The molecule has 1 amide bonds. The Bertz CT molecular complexity index is 457. The zero-order chi connectivity index (χ0) is 13.7. The number of amides is 1. The molecule has 0 aromatic carbocycles. The number of nitrogens with zero attached hydrogens (tertiary/aromatic N) is 1. The molecule has 0 unspecified atom stereocenters. The SMILES string of the molecule is C[C@@H](OC(=O)c1cccnc1SC(F)F)C(N)=O. The average Bonchev–Trinajstić information content (AvgIpc) is 2.28. The van der Waals surface area contributed by atoms with Gasteiger partial charge in [-0.25, -0.2) is 9.78 Å². The van der Waals surface area contributed by atoms with Crippen LogP contribution in [-0.2, 0) is 9.53 Å². The summed E-state index contributed by atoms with van der Waals surface area (Å²) in [6, 6.07) is 2.69. The number of alkyl halides is 2. The number of carbonyl (C=O) groups excluding carboxylic acids is 2. The fourth-order valence-electron chi connectivity index (χ4n) is 1.01. The number of pyridine rings is 1. The third-order valence-electron chi connectivity index (χ3n) is 1.88. The molecule has 18 heavy (non-hydrogen) atoms. The Morgan fingerprint density at radius 3 is 2.72 bits per heavy atom. The van der Waals surface area contributed by atoms with E-state index in [1.165, 1.54) is 25.3 Å². The number of halogens is 2. The summed E-state index contributed by atoms with van der Waals surface area (Å²) in [5, 5.41) is -0.158. The van der Waals surface area contributed by atoms with Crippen LogP contribution in [0.1, 0.15) is 17.3 Å². The average molecular weight is 276 g/mol. The van der Waals surface area contributed by atoms with Gasteiger partial charge in [-0.2, -0.15) is 8.78 Å². The highest BCUT2D eigenvalue weighted by atomic mass is 32.2. The second-order valence-electron chi connectivity index (χ2n) is 3.18. The number of hydrogen-bond donors (Lipinski definition) is 1. The quantitative estimate of drug-likeness (QED) is 0.649. The van der Waals surface area contributed by atoms with E-state index in [9.17, 15) is 18.4 Å². The summed E-state index contributed by atoms with van der Waals surface area (Å²) in [6.07, 6.45) is 0.140. The molecule has 0 aliphatic rings. The highest BCUT2D eigenvalue weighted by Crippen LogP contribution is 2.26. The van der Waals surface area contributed by atoms with Crippen LogP contribution in [0.15, 0.2) is 23.4 Å². The van der Waals surface area contributed by atoms with E-state index in [0.29, 0.717) is 0 Å². The molecular formula is C10H10F2N2O3S. The Morgan fingerprint density at radius 2 is 2.17 bits per heavy atom. The molecule has 5 nitrogen and oxygen atoms in total. The van der Waals surface area contributed by atoms with Gasteiger partial charge in [-0.15, -0.1) is 0 Å². The lowest BCUT2D eigenvalue weighted by Gasteiger charge is -2.11. The van der Waals surface area contributed by atoms with Crippen LogP contribution in [-0.4, -0.2) is 28.7 Å². The maximum absolute atomic E-state index is 12.3. The van der Waals surface area contributed by atoms with Crippen LogP contribution in [0, 0.1) is 0 Å². The number of aromatic nitrogens is 1. The second kappa shape index (κ2) is 6.29. The predicted octanol–water partition coefficient (Wildman–Crippen LogP) is 1.43. The van der Waals surface area contributed by atoms with E-state index in [0.717, 1.165) is 0 Å². The van der Waals surface area contributed by atoms with E-state index in [4.69, 9.17) is 10.5 Å². The molecular weight excluding hydrogens is 266 g/mol. The highest BCUT2D eigenvalue weighted by molar-refractivity contribution is 7.99. The zero-order valence-electron chi connectivity index (χ0n) is 9.30. The summed E-state index contributed by atoms with van der Waals surface area (Å²) in [6.45, 7) is 1.29. The number of thioether (sulfide) groups is 1. The van der Waals surface area contributed by atoms with Gasteiger partial charge in [0.25, 0.3) is 11.7 Å². The van der Waals surface area contributed by atoms with E-state index in [1.54, 1.807) is 0 Å². The Kier molecular flexibility index (Phi) is 5.02. The lowest BCUT2D eigenvalue weighted by atomic mass is 10.3. The van der Waals surface area contributed by atoms with E-state index in [1.807, 2.05) is 0 Å². The highest BCUT2D eigenvalue weighted by Gasteiger charge is 2.21. The third kappa shape index (κ3) is 3.95. The Balaban J connectivity index is 2.88. The molecule has 0 aliphatic carbocycles. The van der Waals surface area contributed by atoms with Gasteiger partial charge in [0.15, 0.2) is 6.10 Å². The van der Waals surface area contributed by atoms with Crippen LogP contribution < -0.4 is 5.73 Å². The number of hydrogen-bond acceptors (Lipinski definition) is 5. The van der Waals surface area contributed by atoms with Crippen LogP contribution >= 0.6 is 11.8 Å². The predicted molar refractivity (Wildman–Crippen MR) is 60.2 cm³/mol.